The highest BCUT2D eigenvalue weighted by molar-refractivity contribution is 5.86. The molecule has 0 saturated heterocycles. The molecule has 1 N–H and O–H groups in total. The molecule has 0 unspecified atom stereocenters. The molecule has 0 spiro atoms. The summed E-state index contributed by atoms with van der Waals surface area (Å²) in [6.07, 6.45) is 2.69. The second-order valence-electron chi connectivity index (χ2n) is 6.52. The Kier molecular flexibility index (Phi) is 4.97. The number of carbonyl (C=O) groups is 2. The van der Waals surface area contributed by atoms with E-state index in [1.54, 1.807) is 12.1 Å². The second kappa shape index (κ2) is 7.19. The van der Waals surface area contributed by atoms with E-state index in [4.69, 9.17) is 9.15 Å². The second-order valence-corrected chi connectivity index (χ2v) is 6.52. The highest BCUT2D eigenvalue weighted by Gasteiger charge is 2.20. The molecule has 1 aromatic carbocycles. The molecule has 1 aromatic heterocycles. The Labute approximate surface area is 150 Å². The lowest BCUT2D eigenvalue weighted by atomic mass is 9.91. The van der Waals surface area contributed by atoms with E-state index in [0.717, 1.165) is 42.2 Å². The van der Waals surface area contributed by atoms with Gasteiger partial charge < -0.3 is 24.4 Å². The molecule has 2 aromatic rings. The minimum atomic E-state index is -1.37. The summed E-state index contributed by atoms with van der Waals surface area (Å²) in [5.41, 5.74) is 1.88. The molecular weight excluding hydrogens is 338 g/mol. The highest BCUT2D eigenvalue weighted by atomic mass is 16.5. The molecule has 1 amide bonds. The number of ether oxygens (including phenoxy) is 1. The normalized spacial score (nSPS) is 15.8. The highest BCUT2D eigenvalue weighted by Crippen LogP contribution is 2.29. The fourth-order valence-electron chi connectivity index (χ4n) is 3.15. The number of nitrogens with one attached hydrogen (secondary N) is 1. The van der Waals surface area contributed by atoms with Crippen LogP contribution in [-0.4, -0.2) is 24.0 Å². The lowest BCUT2D eigenvalue weighted by Crippen LogP contribution is -2.49. The van der Waals surface area contributed by atoms with E-state index in [9.17, 15) is 19.5 Å². The summed E-state index contributed by atoms with van der Waals surface area (Å²) in [5, 5.41) is 13.9. The fourth-order valence-corrected chi connectivity index (χ4v) is 3.15. The zero-order valence-corrected chi connectivity index (χ0v) is 14.7. The van der Waals surface area contributed by atoms with Crippen molar-refractivity contribution in [1.29, 1.82) is 0 Å². The van der Waals surface area contributed by atoms with Crippen molar-refractivity contribution in [3.05, 3.63) is 39.7 Å². The number of aryl methyl sites for hydroxylation is 1. The number of fused-ring (bicyclic) bond motifs is 3. The van der Waals surface area contributed by atoms with Gasteiger partial charge in [0, 0.05) is 17.0 Å². The maximum absolute atomic E-state index is 12.2. The van der Waals surface area contributed by atoms with Crippen molar-refractivity contribution < 1.29 is 23.8 Å². The van der Waals surface area contributed by atoms with Crippen molar-refractivity contribution in [2.24, 2.45) is 0 Å². The molecule has 0 bridgehead atoms. The third-order valence-electron chi connectivity index (χ3n) is 4.59. The number of aliphatic carboxylic acids is 1. The van der Waals surface area contributed by atoms with Crippen molar-refractivity contribution in [2.45, 2.75) is 51.7 Å². The summed E-state index contributed by atoms with van der Waals surface area (Å²) < 4.78 is 11.0. The van der Waals surface area contributed by atoms with Gasteiger partial charge in [-0.2, -0.15) is 0 Å². The van der Waals surface area contributed by atoms with Crippen LogP contribution in [0.15, 0.2) is 27.4 Å². The van der Waals surface area contributed by atoms with Crippen LogP contribution >= 0.6 is 0 Å². The molecule has 26 heavy (non-hydrogen) atoms. The Bertz CT molecular complexity index is 916. The smallest absolute Gasteiger partial charge is 0.339 e. The van der Waals surface area contributed by atoms with E-state index in [2.05, 4.69) is 5.32 Å². The van der Waals surface area contributed by atoms with Crippen LogP contribution in [0, 0.1) is 0 Å². The quantitative estimate of drug-likeness (QED) is 0.788. The van der Waals surface area contributed by atoms with E-state index in [1.807, 2.05) is 6.07 Å². The number of benzene rings is 1. The van der Waals surface area contributed by atoms with Gasteiger partial charge in [-0.05, 0) is 57.2 Å². The average Bonchev–Trinajstić information content (AvgIpc) is 2.61. The number of carboxylic acids is 1. The van der Waals surface area contributed by atoms with Crippen LogP contribution in [0.5, 0.6) is 5.75 Å². The van der Waals surface area contributed by atoms with Crippen molar-refractivity contribution in [3.63, 3.8) is 0 Å². The molecule has 1 heterocycles. The summed E-state index contributed by atoms with van der Waals surface area (Å²) in [6.45, 7) is 2.82. The molecule has 7 nitrogen and oxygen atoms in total. The number of carbonyl (C=O) groups excluding carboxylic acids is 2. The SMILES string of the molecule is C[C@H](NC(=O)[C@H](C)Oc1ccc2c3c(c(=O)oc2c1)CCCC3)C(=O)[O-]. The standard InChI is InChI=1S/C19H21NO6/c1-10(18(22)23)20-17(21)11(2)25-12-7-8-14-13-5-3-4-6-15(13)19(24)26-16(14)9-12/h7-11H,3-6H2,1-2H3,(H,20,21)(H,22,23)/p-1/t10-,11-/m0/s1. The number of rotatable bonds is 5. The van der Waals surface area contributed by atoms with Gasteiger partial charge in [0.25, 0.3) is 5.91 Å². The van der Waals surface area contributed by atoms with Crippen LogP contribution in [0.2, 0.25) is 0 Å². The molecule has 0 fully saturated rings. The summed E-state index contributed by atoms with van der Waals surface area (Å²) in [6, 6.07) is 4.00. The Morgan fingerprint density at radius 2 is 1.88 bits per heavy atom. The van der Waals surface area contributed by atoms with Gasteiger partial charge in [0.15, 0.2) is 6.10 Å². The number of hydrogen-bond acceptors (Lipinski definition) is 6. The Morgan fingerprint density at radius 1 is 1.19 bits per heavy atom. The van der Waals surface area contributed by atoms with Crippen LogP contribution in [0.3, 0.4) is 0 Å². The van der Waals surface area contributed by atoms with Crippen molar-refractivity contribution in [2.75, 3.05) is 0 Å². The molecule has 3 rings (SSSR count). The number of amides is 1. The van der Waals surface area contributed by atoms with Gasteiger partial charge in [-0.3, -0.25) is 4.79 Å². The van der Waals surface area contributed by atoms with E-state index < -0.39 is 24.0 Å². The Balaban J connectivity index is 1.82. The summed E-state index contributed by atoms with van der Waals surface area (Å²) in [7, 11) is 0. The predicted octanol–water partition coefficient (Wildman–Crippen LogP) is 0.694. The van der Waals surface area contributed by atoms with Gasteiger partial charge in [-0.1, -0.05) is 0 Å². The minimum absolute atomic E-state index is 0.321. The van der Waals surface area contributed by atoms with E-state index in [0.29, 0.717) is 11.3 Å². The topological polar surface area (TPSA) is 109 Å². The molecule has 1 aliphatic carbocycles. The summed E-state index contributed by atoms with van der Waals surface area (Å²) in [5.74, 6) is -1.59. The number of carboxylic acid groups (broad SMARTS) is 1. The Hall–Kier alpha value is -2.83. The zero-order chi connectivity index (χ0) is 18.8. The first-order valence-corrected chi connectivity index (χ1v) is 8.63. The van der Waals surface area contributed by atoms with Crippen molar-refractivity contribution >= 4 is 22.8 Å². The van der Waals surface area contributed by atoms with Crippen LogP contribution in [-0.2, 0) is 22.4 Å². The van der Waals surface area contributed by atoms with Gasteiger partial charge in [-0.15, -0.1) is 0 Å². The summed E-state index contributed by atoms with van der Waals surface area (Å²) >= 11 is 0. The molecule has 0 radical (unpaired) electrons. The molecular formula is C19H20NO6-. The van der Waals surface area contributed by atoms with Gasteiger partial charge in [0.2, 0.25) is 0 Å². The van der Waals surface area contributed by atoms with Crippen LogP contribution in [0.25, 0.3) is 11.0 Å². The monoisotopic (exact) mass is 358 g/mol. The lowest BCUT2D eigenvalue weighted by Gasteiger charge is -2.20. The van der Waals surface area contributed by atoms with E-state index >= 15 is 0 Å². The molecule has 0 aliphatic heterocycles. The first kappa shape index (κ1) is 18.0. The van der Waals surface area contributed by atoms with Crippen LogP contribution < -0.4 is 20.8 Å². The maximum Gasteiger partial charge on any atom is 0.339 e. The van der Waals surface area contributed by atoms with Gasteiger partial charge in [0.1, 0.15) is 11.3 Å². The average molecular weight is 358 g/mol. The molecule has 1 aliphatic rings. The zero-order valence-electron chi connectivity index (χ0n) is 14.7. The van der Waals surface area contributed by atoms with Crippen molar-refractivity contribution in [3.8, 4) is 5.75 Å². The lowest BCUT2D eigenvalue weighted by molar-refractivity contribution is -0.307. The molecule has 138 valence electrons. The minimum Gasteiger partial charge on any atom is -0.548 e. The largest absolute Gasteiger partial charge is 0.548 e. The van der Waals surface area contributed by atoms with Crippen LogP contribution in [0.4, 0.5) is 0 Å². The fraction of sp³-hybridized carbons (Fsp3) is 0.421. The third-order valence-corrected chi connectivity index (χ3v) is 4.59. The van der Waals surface area contributed by atoms with E-state index in [1.165, 1.54) is 13.8 Å². The Morgan fingerprint density at radius 3 is 2.58 bits per heavy atom. The molecule has 0 saturated carbocycles. The van der Waals surface area contributed by atoms with Crippen LogP contribution in [0.1, 0.15) is 37.8 Å². The van der Waals surface area contributed by atoms with Gasteiger partial charge in [-0.25, -0.2) is 4.79 Å². The maximum atomic E-state index is 12.2. The van der Waals surface area contributed by atoms with Gasteiger partial charge >= 0.3 is 5.63 Å². The summed E-state index contributed by atoms with van der Waals surface area (Å²) in [4.78, 5) is 34.8. The van der Waals surface area contributed by atoms with Crippen molar-refractivity contribution in [1.82, 2.24) is 5.32 Å². The van der Waals surface area contributed by atoms with E-state index in [-0.39, 0.29) is 5.63 Å². The molecule has 2 atom stereocenters. The first-order chi connectivity index (χ1) is 12.4. The first-order valence-electron chi connectivity index (χ1n) is 8.63. The van der Waals surface area contributed by atoms with Gasteiger partial charge in [0.05, 0.1) is 12.0 Å². The third kappa shape index (κ3) is 3.56. The predicted molar refractivity (Wildman–Crippen MR) is 91.8 cm³/mol. The molecule has 7 heteroatoms. The number of hydrogen-bond donors (Lipinski definition) is 1.